The molecule has 33 heavy (non-hydrogen) atoms. The van der Waals surface area contributed by atoms with E-state index in [9.17, 15) is 14.4 Å². The van der Waals surface area contributed by atoms with Crippen LogP contribution in [-0.4, -0.2) is 34.0 Å². The molecule has 4 N–H and O–H groups in total. The van der Waals surface area contributed by atoms with Crippen LogP contribution in [0, 0.1) is 0 Å². The third-order valence-corrected chi connectivity index (χ3v) is 5.19. The molecule has 166 valence electrons. The molecule has 0 unspecified atom stereocenters. The topological polar surface area (TPSA) is 116 Å². The highest BCUT2D eigenvalue weighted by Gasteiger charge is 2.18. The van der Waals surface area contributed by atoms with Crippen LogP contribution in [0.1, 0.15) is 23.0 Å². The van der Waals surface area contributed by atoms with Gasteiger partial charge in [-0.2, -0.15) is 5.10 Å². The lowest BCUT2D eigenvalue weighted by molar-refractivity contribution is -0.128. The highest BCUT2D eigenvalue weighted by molar-refractivity contribution is 5.96. The van der Waals surface area contributed by atoms with E-state index < -0.39 is 17.9 Å². The number of hydrogen-bond donors (Lipinski definition) is 4. The van der Waals surface area contributed by atoms with Crippen LogP contribution in [0.5, 0.6) is 0 Å². The van der Waals surface area contributed by atoms with Gasteiger partial charge in [0.25, 0.3) is 11.8 Å². The molecule has 0 saturated heterocycles. The summed E-state index contributed by atoms with van der Waals surface area (Å²) < 4.78 is 0. The molecule has 0 aliphatic heterocycles. The van der Waals surface area contributed by atoms with E-state index in [1.165, 1.54) is 0 Å². The fourth-order valence-corrected chi connectivity index (χ4v) is 3.47. The number of amides is 3. The average molecular weight is 441 g/mol. The van der Waals surface area contributed by atoms with Crippen molar-refractivity contribution >= 4 is 28.5 Å². The van der Waals surface area contributed by atoms with Crippen molar-refractivity contribution in [3.05, 3.63) is 90.1 Å². The van der Waals surface area contributed by atoms with Crippen molar-refractivity contribution in [1.29, 1.82) is 0 Å². The van der Waals surface area contributed by atoms with E-state index in [0.717, 1.165) is 21.9 Å². The van der Waals surface area contributed by atoms with Crippen LogP contribution in [0.3, 0.4) is 0 Å². The Morgan fingerprint density at radius 1 is 0.909 bits per heavy atom. The number of carbonyl (C=O) groups is 3. The second kappa shape index (κ2) is 9.78. The predicted molar refractivity (Wildman–Crippen MR) is 125 cm³/mol. The van der Waals surface area contributed by atoms with Crippen LogP contribution >= 0.6 is 0 Å². The molecule has 0 aliphatic rings. The molecular weight excluding hydrogens is 418 g/mol. The number of fused-ring (bicyclic) bond motifs is 1. The summed E-state index contributed by atoms with van der Waals surface area (Å²) in [5.41, 5.74) is 7.20. The third-order valence-electron chi connectivity index (χ3n) is 5.19. The molecule has 0 aliphatic carbocycles. The van der Waals surface area contributed by atoms with Gasteiger partial charge in [0, 0.05) is 5.56 Å². The van der Waals surface area contributed by atoms with Crippen LogP contribution < -0.4 is 16.2 Å². The van der Waals surface area contributed by atoms with Crippen LogP contribution in [0.15, 0.2) is 78.9 Å². The molecule has 8 nitrogen and oxygen atoms in total. The smallest absolute Gasteiger partial charge is 0.287 e. The number of benzene rings is 3. The molecule has 8 heteroatoms. The van der Waals surface area contributed by atoms with Gasteiger partial charge in [0.05, 0.1) is 12.1 Å². The molecule has 4 aromatic rings. The molecule has 0 spiro atoms. The molecule has 1 atom stereocenters. The van der Waals surface area contributed by atoms with E-state index in [2.05, 4.69) is 26.4 Å². The van der Waals surface area contributed by atoms with Gasteiger partial charge >= 0.3 is 0 Å². The minimum Gasteiger partial charge on any atom is -0.344 e. The maximum absolute atomic E-state index is 12.5. The zero-order valence-electron chi connectivity index (χ0n) is 18.0. The Balaban J connectivity index is 1.29. The number of hydrazine groups is 1. The van der Waals surface area contributed by atoms with Crippen LogP contribution in [-0.2, 0) is 16.0 Å². The van der Waals surface area contributed by atoms with Crippen molar-refractivity contribution in [2.75, 3.05) is 0 Å². The van der Waals surface area contributed by atoms with Gasteiger partial charge in [-0.1, -0.05) is 72.8 Å². The highest BCUT2D eigenvalue weighted by atomic mass is 16.2. The zero-order chi connectivity index (χ0) is 23.2. The molecule has 1 aromatic heterocycles. The van der Waals surface area contributed by atoms with Crippen molar-refractivity contribution in [2.45, 2.75) is 19.4 Å². The van der Waals surface area contributed by atoms with E-state index in [1.54, 1.807) is 13.0 Å². The number of rotatable bonds is 6. The van der Waals surface area contributed by atoms with Gasteiger partial charge < -0.3 is 5.32 Å². The second-order valence-corrected chi connectivity index (χ2v) is 7.58. The van der Waals surface area contributed by atoms with Crippen molar-refractivity contribution < 1.29 is 14.4 Å². The molecular formula is C25H23N5O3. The minimum atomic E-state index is -0.838. The SMILES string of the molecule is C[C@H](NC(=O)Cc1cccc2ccccc12)C(=O)NNC(=O)c1cc(-c2ccccc2)n[nH]1. The number of hydrogen-bond acceptors (Lipinski definition) is 4. The van der Waals surface area contributed by atoms with Crippen molar-refractivity contribution in [1.82, 2.24) is 26.4 Å². The molecule has 4 rings (SSSR count). The van der Waals surface area contributed by atoms with Crippen LogP contribution in [0.25, 0.3) is 22.0 Å². The second-order valence-electron chi connectivity index (χ2n) is 7.58. The largest absolute Gasteiger partial charge is 0.344 e. The Hall–Kier alpha value is -4.46. The third kappa shape index (κ3) is 5.24. The van der Waals surface area contributed by atoms with E-state index in [1.807, 2.05) is 72.8 Å². The number of aromatic amines is 1. The summed E-state index contributed by atoms with van der Waals surface area (Å²) in [5, 5.41) is 11.5. The lowest BCUT2D eigenvalue weighted by atomic mass is 10.0. The summed E-state index contributed by atoms with van der Waals surface area (Å²) in [6.45, 7) is 1.55. The minimum absolute atomic E-state index is 0.141. The quantitative estimate of drug-likeness (QED) is 0.344. The Kier molecular flexibility index (Phi) is 6.45. The number of aromatic nitrogens is 2. The first-order chi connectivity index (χ1) is 16.0. The summed E-state index contributed by atoms with van der Waals surface area (Å²) in [7, 11) is 0. The van der Waals surface area contributed by atoms with E-state index >= 15 is 0 Å². The molecule has 0 radical (unpaired) electrons. The summed E-state index contributed by atoms with van der Waals surface area (Å²) in [5.74, 6) is -1.38. The van der Waals surface area contributed by atoms with Crippen LogP contribution in [0.4, 0.5) is 0 Å². The van der Waals surface area contributed by atoms with E-state index in [4.69, 9.17) is 0 Å². The lowest BCUT2D eigenvalue weighted by Crippen LogP contribution is -2.51. The number of H-pyrrole nitrogens is 1. The van der Waals surface area contributed by atoms with Crippen LogP contribution in [0.2, 0.25) is 0 Å². The normalized spacial score (nSPS) is 11.5. The fourth-order valence-electron chi connectivity index (χ4n) is 3.47. The first-order valence-electron chi connectivity index (χ1n) is 10.5. The highest BCUT2D eigenvalue weighted by Crippen LogP contribution is 2.19. The Morgan fingerprint density at radius 2 is 1.64 bits per heavy atom. The first kappa shape index (κ1) is 21.8. The molecule has 0 fully saturated rings. The summed E-state index contributed by atoms with van der Waals surface area (Å²) >= 11 is 0. The molecule has 3 amide bonds. The lowest BCUT2D eigenvalue weighted by Gasteiger charge is -2.15. The van der Waals surface area contributed by atoms with Gasteiger partial charge in [-0.25, -0.2) is 0 Å². The molecule has 0 saturated carbocycles. The van der Waals surface area contributed by atoms with Gasteiger partial charge in [0.1, 0.15) is 11.7 Å². The molecule has 3 aromatic carbocycles. The maximum Gasteiger partial charge on any atom is 0.287 e. The van der Waals surface area contributed by atoms with E-state index in [0.29, 0.717) is 5.69 Å². The van der Waals surface area contributed by atoms with Gasteiger partial charge in [-0.3, -0.25) is 30.3 Å². The average Bonchev–Trinajstić information content (AvgIpc) is 3.33. The monoisotopic (exact) mass is 441 g/mol. The van der Waals surface area contributed by atoms with Gasteiger partial charge in [-0.15, -0.1) is 0 Å². The van der Waals surface area contributed by atoms with Gasteiger partial charge in [0.15, 0.2) is 0 Å². The Morgan fingerprint density at radius 3 is 2.45 bits per heavy atom. The van der Waals surface area contributed by atoms with E-state index in [-0.39, 0.29) is 18.0 Å². The first-order valence-corrected chi connectivity index (χ1v) is 10.5. The zero-order valence-corrected chi connectivity index (χ0v) is 18.0. The standard InChI is InChI=1S/C25H23N5O3/c1-16(26-23(31)14-19-12-7-11-17-8-5-6-13-20(17)19)24(32)29-30-25(33)22-15-21(27-28-22)18-9-3-2-4-10-18/h2-13,15-16H,14H2,1H3,(H,26,31)(H,27,28)(H,29,32)(H,30,33)/t16-/m0/s1. The number of nitrogens with one attached hydrogen (secondary N) is 4. The summed E-state index contributed by atoms with van der Waals surface area (Å²) in [4.78, 5) is 37.1. The van der Waals surface area contributed by atoms with Crippen molar-refractivity contribution in [3.63, 3.8) is 0 Å². The van der Waals surface area contributed by atoms with Gasteiger partial charge in [0.2, 0.25) is 5.91 Å². The number of nitrogens with zero attached hydrogens (tertiary/aromatic N) is 1. The molecule has 1 heterocycles. The fraction of sp³-hybridized carbons (Fsp3) is 0.120. The summed E-state index contributed by atoms with van der Waals surface area (Å²) in [6, 6.07) is 23.7. The number of carbonyl (C=O) groups excluding carboxylic acids is 3. The molecule has 0 bridgehead atoms. The maximum atomic E-state index is 12.5. The van der Waals surface area contributed by atoms with Crippen molar-refractivity contribution in [2.24, 2.45) is 0 Å². The Bertz CT molecular complexity index is 1290. The summed E-state index contributed by atoms with van der Waals surface area (Å²) in [6.07, 6.45) is 0.141. The van der Waals surface area contributed by atoms with Crippen molar-refractivity contribution in [3.8, 4) is 11.3 Å². The predicted octanol–water partition coefficient (Wildman–Crippen LogP) is 2.74. The van der Waals surface area contributed by atoms with Gasteiger partial charge in [-0.05, 0) is 29.3 Å². The Labute approximate surface area is 190 Å².